The number of thioether (sulfide) groups is 1. The van der Waals surface area contributed by atoms with Crippen molar-refractivity contribution in [3.63, 3.8) is 0 Å². The van der Waals surface area contributed by atoms with Crippen LogP contribution < -0.4 is 5.32 Å². The van der Waals surface area contributed by atoms with Gasteiger partial charge in [0.15, 0.2) is 0 Å². The fourth-order valence-corrected chi connectivity index (χ4v) is 4.54. The summed E-state index contributed by atoms with van der Waals surface area (Å²) >= 11 is 1.72. The Balaban J connectivity index is 1.75. The van der Waals surface area contributed by atoms with Gasteiger partial charge in [0.1, 0.15) is 6.04 Å². The predicted octanol–water partition coefficient (Wildman–Crippen LogP) is 2.64. The van der Waals surface area contributed by atoms with Crippen LogP contribution in [-0.4, -0.2) is 33.4 Å². The van der Waals surface area contributed by atoms with E-state index < -0.39 is 0 Å². The Labute approximate surface area is 129 Å². The van der Waals surface area contributed by atoms with Gasteiger partial charge in [-0.15, -0.1) is 11.8 Å². The maximum Gasteiger partial charge on any atom is 0.248 e. The molecule has 3 rings (SSSR count). The van der Waals surface area contributed by atoms with Gasteiger partial charge in [0.25, 0.3) is 0 Å². The summed E-state index contributed by atoms with van der Waals surface area (Å²) in [4.78, 5) is 26.2. The minimum absolute atomic E-state index is 0.0743. The van der Waals surface area contributed by atoms with E-state index in [1.54, 1.807) is 16.7 Å². The fraction of sp³-hybridized carbons (Fsp3) is 0.500. The number of nitrogens with one attached hydrogen (secondary N) is 1. The number of anilines is 1. The van der Waals surface area contributed by atoms with Crippen LogP contribution >= 0.6 is 11.8 Å². The average molecular weight is 304 g/mol. The highest BCUT2D eigenvalue weighted by Crippen LogP contribution is 2.47. The molecule has 0 spiro atoms. The molecule has 0 bridgehead atoms. The first-order valence-electron chi connectivity index (χ1n) is 7.39. The van der Waals surface area contributed by atoms with Crippen molar-refractivity contribution in [2.45, 2.75) is 44.0 Å². The number of nitrogens with zero attached hydrogens (tertiary/aromatic N) is 1. The van der Waals surface area contributed by atoms with Crippen molar-refractivity contribution in [3.8, 4) is 0 Å². The molecule has 2 saturated heterocycles. The summed E-state index contributed by atoms with van der Waals surface area (Å²) in [5.41, 5.74) is 2.00. The van der Waals surface area contributed by atoms with Gasteiger partial charge in [-0.05, 0) is 37.5 Å². The lowest BCUT2D eigenvalue weighted by atomic mass is 10.1. The van der Waals surface area contributed by atoms with E-state index in [4.69, 9.17) is 0 Å². The number of amides is 2. The number of hydrogen-bond acceptors (Lipinski definition) is 3. The Morgan fingerprint density at radius 1 is 1.52 bits per heavy atom. The van der Waals surface area contributed by atoms with E-state index in [2.05, 4.69) is 19.2 Å². The number of aryl methyl sites for hydroxylation is 1. The van der Waals surface area contributed by atoms with E-state index in [0.29, 0.717) is 12.2 Å². The van der Waals surface area contributed by atoms with Crippen molar-refractivity contribution >= 4 is 29.3 Å². The number of fused-ring (bicyclic) bond motifs is 1. The predicted molar refractivity (Wildman–Crippen MR) is 85.2 cm³/mol. The third kappa shape index (κ3) is 2.55. The maximum atomic E-state index is 12.5. The lowest BCUT2D eigenvalue weighted by Crippen LogP contribution is -2.48. The van der Waals surface area contributed by atoms with E-state index in [1.165, 1.54) is 5.56 Å². The first-order valence-corrected chi connectivity index (χ1v) is 8.38. The van der Waals surface area contributed by atoms with Gasteiger partial charge in [0.05, 0.1) is 4.87 Å². The molecule has 2 heterocycles. The third-order valence-electron chi connectivity index (χ3n) is 4.35. The molecule has 0 aliphatic carbocycles. The van der Waals surface area contributed by atoms with Crippen LogP contribution in [-0.2, 0) is 16.0 Å². The van der Waals surface area contributed by atoms with Crippen molar-refractivity contribution in [2.24, 2.45) is 0 Å². The quantitative estimate of drug-likeness (QED) is 0.934. The largest absolute Gasteiger partial charge is 0.324 e. The van der Waals surface area contributed by atoms with Crippen LogP contribution in [0, 0.1) is 0 Å². The van der Waals surface area contributed by atoms with Gasteiger partial charge >= 0.3 is 0 Å². The molecular formula is C16H20N2O2S. The standard InChI is InChI=1S/C16H20N2O2S/c1-3-11-5-4-6-12(9-11)17-15(20)13-10-21-16(2)8-7-14(19)18(13)16/h4-6,9,13H,3,7-8,10H2,1-2H3,(H,17,20)/t13-,16+/m0/s1. The SMILES string of the molecule is CCc1cccc(NC(=O)[C@@H]2CS[C@]3(C)CCC(=O)N23)c1. The first-order chi connectivity index (χ1) is 10.0. The monoisotopic (exact) mass is 304 g/mol. The molecule has 1 aromatic rings. The molecule has 4 nitrogen and oxygen atoms in total. The second-order valence-electron chi connectivity index (χ2n) is 5.81. The molecule has 2 amide bonds. The van der Waals surface area contributed by atoms with E-state index >= 15 is 0 Å². The zero-order valence-electron chi connectivity index (χ0n) is 12.4. The van der Waals surface area contributed by atoms with Crippen LogP contribution in [0.15, 0.2) is 24.3 Å². The Morgan fingerprint density at radius 3 is 3.10 bits per heavy atom. The minimum Gasteiger partial charge on any atom is -0.324 e. The second-order valence-corrected chi connectivity index (χ2v) is 7.31. The van der Waals surface area contributed by atoms with Gasteiger partial charge in [0.2, 0.25) is 11.8 Å². The Bertz CT molecular complexity index is 589. The Kier molecular flexibility index (Phi) is 3.69. The highest BCUT2D eigenvalue weighted by atomic mass is 32.2. The summed E-state index contributed by atoms with van der Waals surface area (Å²) < 4.78 is 0. The summed E-state index contributed by atoms with van der Waals surface area (Å²) in [5, 5.41) is 2.96. The van der Waals surface area contributed by atoms with Crippen molar-refractivity contribution < 1.29 is 9.59 Å². The van der Waals surface area contributed by atoms with E-state index in [-0.39, 0.29) is 22.7 Å². The number of carbonyl (C=O) groups is 2. The van der Waals surface area contributed by atoms with Crippen LogP contribution in [0.4, 0.5) is 5.69 Å². The van der Waals surface area contributed by atoms with Crippen molar-refractivity contribution in [3.05, 3.63) is 29.8 Å². The van der Waals surface area contributed by atoms with Gasteiger partial charge < -0.3 is 10.2 Å². The summed E-state index contributed by atoms with van der Waals surface area (Å²) in [6.07, 6.45) is 2.33. The molecular weight excluding hydrogens is 284 g/mol. The number of carbonyl (C=O) groups excluding carboxylic acids is 2. The van der Waals surface area contributed by atoms with Crippen LogP contribution in [0.1, 0.15) is 32.3 Å². The first kappa shape index (κ1) is 14.4. The lowest BCUT2D eigenvalue weighted by molar-refractivity contribution is -0.135. The van der Waals surface area contributed by atoms with Crippen LogP contribution in [0.3, 0.4) is 0 Å². The zero-order chi connectivity index (χ0) is 15.0. The summed E-state index contributed by atoms with van der Waals surface area (Å²) in [6, 6.07) is 7.53. The zero-order valence-corrected chi connectivity index (χ0v) is 13.2. The Morgan fingerprint density at radius 2 is 2.33 bits per heavy atom. The van der Waals surface area contributed by atoms with Gasteiger partial charge in [-0.1, -0.05) is 19.1 Å². The Hall–Kier alpha value is -1.49. The average Bonchev–Trinajstić information content (AvgIpc) is 2.96. The lowest BCUT2D eigenvalue weighted by Gasteiger charge is -2.29. The van der Waals surface area contributed by atoms with Crippen molar-refractivity contribution in [2.75, 3.05) is 11.1 Å². The molecule has 21 heavy (non-hydrogen) atoms. The smallest absolute Gasteiger partial charge is 0.248 e. The van der Waals surface area contributed by atoms with E-state index in [9.17, 15) is 9.59 Å². The molecule has 5 heteroatoms. The van der Waals surface area contributed by atoms with Crippen LogP contribution in [0.25, 0.3) is 0 Å². The highest BCUT2D eigenvalue weighted by Gasteiger charge is 2.52. The molecule has 0 aromatic heterocycles. The topological polar surface area (TPSA) is 49.4 Å². The molecule has 0 radical (unpaired) electrons. The van der Waals surface area contributed by atoms with Gasteiger partial charge in [0, 0.05) is 17.9 Å². The second kappa shape index (κ2) is 5.37. The van der Waals surface area contributed by atoms with Crippen molar-refractivity contribution in [1.82, 2.24) is 4.90 Å². The molecule has 2 aliphatic rings. The molecule has 0 saturated carbocycles. The molecule has 2 aliphatic heterocycles. The molecule has 2 atom stereocenters. The number of rotatable bonds is 3. The van der Waals surface area contributed by atoms with Gasteiger partial charge in [-0.2, -0.15) is 0 Å². The molecule has 0 unspecified atom stereocenters. The number of hydrogen-bond donors (Lipinski definition) is 1. The fourth-order valence-electron chi connectivity index (χ4n) is 3.11. The van der Waals surface area contributed by atoms with Crippen molar-refractivity contribution in [1.29, 1.82) is 0 Å². The summed E-state index contributed by atoms with van der Waals surface area (Å²) in [6.45, 7) is 4.15. The molecule has 1 aromatic carbocycles. The molecule has 1 N–H and O–H groups in total. The van der Waals surface area contributed by atoms with Crippen LogP contribution in [0.2, 0.25) is 0 Å². The third-order valence-corrected chi connectivity index (χ3v) is 5.86. The van der Waals surface area contributed by atoms with Gasteiger partial charge in [-0.25, -0.2) is 0 Å². The minimum atomic E-state index is -0.347. The molecule has 112 valence electrons. The highest BCUT2D eigenvalue weighted by molar-refractivity contribution is 8.01. The maximum absolute atomic E-state index is 12.5. The number of benzene rings is 1. The normalized spacial score (nSPS) is 27.8. The van der Waals surface area contributed by atoms with Gasteiger partial charge in [-0.3, -0.25) is 9.59 Å². The van der Waals surface area contributed by atoms with Crippen LogP contribution in [0.5, 0.6) is 0 Å². The summed E-state index contributed by atoms with van der Waals surface area (Å²) in [5.74, 6) is 0.710. The summed E-state index contributed by atoms with van der Waals surface area (Å²) in [7, 11) is 0. The van der Waals surface area contributed by atoms with E-state index in [1.807, 2.05) is 24.3 Å². The molecule has 2 fully saturated rings. The van der Waals surface area contributed by atoms with E-state index in [0.717, 1.165) is 18.5 Å².